The first-order valence-corrected chi connectivity index (χ1v) is 13.4. The number of anilines is 1. The van der Waals surface area contributed by atoms with E-state index < -0.39 is 10.2 Å². The number of aromatic nitrogens is 3. The molecule has 186 valence electrons. The Hall–Kier alpha value is -2.70. The Labute approximate surface area is 205 Å². The zero-order valence-electron chi connectivity index (χ0n) is 19.8. The molecule has 1 aromatic carbocycles. The maximum absolute atomic E-state index is 12.0. The average Bonchev–Trinajstić information content (AvgIpc) is 2.92. The summed E-state index contributed by atoms with van der Waals surface area (Å²) in [6.45, 7) is 4.07. The van der Waals surface area contributed by atoms with Crippen LogP contribution in [0, 0.1) is 0 Å². The van der Waals surface area contributed by atoms with Crippen LogP contribution in [0.4, 0.5) is 5.82 Å². The van der Waals surface area contributed by atoms with Crippen molar-refractivity contribution in [3.8, 4) is 11.3 Å². The number of hydrogen-bond acceptors (Lipinski definition) is 8. The third kappa shape index (κ3) is 5.44. The molecule has 4 heterocycles. The molecule has 0 amide bonds. The highest BCUT2D eigenvalue weighted by atomic mass is 32.2. The molecule has 0 spiro atoms. The second kappa shape index (κ2) is 10.5. The Bertz CT molecular complexity index is 1260. The first-order chi connectivity index (χ1) is 17.0. The summed E-state index contributed by atoms with van der Waals surface area (Å²) in [7, 11) is -1.90. The van der Waals surface area contributed by atoms with Crippen LogP contribution in [-0.2, 0) is 14.9 Å². The monoisotopic (exact) mass is 497 g/mol. The minimum atomic E-state index is -3.36. The molecule has 0 bridgehead atoms. The van der Waals surface area contributed by atoms with E-state index in [0.717, 1.165) is 48.2 Å². The van der Waals surface area contributed by atoms with E-state index >= 15 is 0 Å². The number of nitrogens with one attached hydrogen (secondary N) is 3. The molecular weight excluding hydrogens is 466 g/mol. The lowest BCUT2D eigenvalue weighted by Gasteiger charge is -2.31. The van der Waals surface area contributed by atoms with Crippen LogP contribution >= 0.6 is 0 Å². The van der Waals surface area contributed by atoms with Crippen LogP contribution in [0.3, 0.4) is 0 Å². The third-order valence-corrected chi connectivity index (χ3v) is 8.25. The predicted octanol–water partition coefficient (Wildman–Crippen LogP) is 1.74. The van der Waals surface area contributed by atoms with Crippen LogP contribution in [0.25, 0.3) is 22.3 Å². The largest absolute Gasteiger partial charge is 0.374 e. The fraction of sp³-hybridized carbons (Fsp3) is 0.458. The van der Waals surface area contributed by atoms with Crippen molar-refractivity contribution in [3.63, 3.8) is 0 Å². The molecule has 10 nitrogen and oxygen atoms in total. The summed E-state index contributed by atoms with van der Waals surface area (Å²) in [5, 5.41) is 6.76. The van der Waals surface area contributed by atoms with Crippen molar-refractivity contribution in [3.05, 3.63) is 48.3 Å². The van der Waals surface area contributed by atoms with E-state index in [1.54, 1.807) is 12.4 Å². The predicted molar refractivity (Wildman–Crippen MR) is 135 cm³/mol. The zero-order chi connectivity index (χ0) is 24.3. The molecule has 5 rings (SSSR count). The zero-order valence-corrected chi connectivity index (χ0v) is 20.6. The molecule has 2 aromatic heterocycles. The first-order valence-electron chi connectivity index (χ1n) is 12.0. The summed E-state index contributed by atoms with van der Waals surface area (Å²) < 4.78 is 33.8. The number of fused-ring (bicyclic) bond motifs is 1. The van der Waals surface area contributed by atoms with E-state index in [1.165, 1.54) is 16.9 Å². The molecule has 35 heavy (non-hydrogen) atoms. The van der Waals surface area contributed by atoms with Gasteiger partial charge in [0.1, 0.15) is 5.52 Å². The fourth-order valence-electron chi connectivity index (χ4n) is 4.69. The highest BCUT2D eigenvalue weighted by Crippen LogP contribution is 2.31. The quantitative estimate of drug-likeness (QED) is 0.451. The van der Waals surface area contributed by atoms with Crippen molar-refractivity contribution in [2.75, 3.05) is 51.7 Å². The lowest BCUT2D eigenvalue weighted by atomic mass is 9.89. The van der Waals surface area contributed by atoms with Gasteiger partial charge in [0, 0.05) is 57.7 Å². The van der Waals surface area contributed by atoms with Crippen LogP contribution < -0.4 is 15.4 Å². The van der Waals surface area contributed by atoms with Gasteiger partial charge in [0.2, 0.25) is 0 Å². The summed E-state index contributed by atoms with van der Waals surface area (Å²) in [4.78, 5) is 13.9. The molecule has 2 fully saturated rings. The van der Waals surface area contributed by atoms with Gasteiger partial charge in [-0.1, -0.05) is 24.3 Å². The fourth-order valence-corrected chi connectivity index (χ4v) is 5.64. The molecular formula is C24H31N7O3S. The van der Waals surface area contributed by atoms with Crippen LogP contribution in [0.1, 0.15) is 24.3 Å². The molecule has 0 radical (unpaired) electrons. The van der Waals surface area contributed by atoms with E-state index in [1.807, 2.05) is 6.07 Å². The molecule has 2 aliphatic rings. The van der Waals surface area contributed by atoms with Crippen LogP contribution in [-0.4, -0.2) is 80.2 Å². The molecule has 2 saturated heterocycles. The maximum atomic E-state index is 12.0. The number of ether oxygens (including phenoxy) is 1. The summed E-state index contributed by atoms with van der Waals surface area (Å²) in [6.07, 6.45) is 5.05. The van der Waals surface area contributed by atoms with Gasteiger partial charge in [-0.05, 0) is 30.4 Å². The van der Waals surface area contributed by atoms with Gasteiger partial charge in [-0.25, -0.2) is 14.7 Å². The highest BCUT2D eigenvalue weighted by molar-refractivity contribution is 7.87. The van der Waals surface area contributed by atoms with E-state index in [2.05, 4.69) is 49.6 Å². The number of benzene rings is 1. The molecule has 11 heteroatoms. The van der Waals surface area contributed by atoms with Crippen molar-refractivity contribution in [1.29, 1.82) is 0 Å². The Balaban J connectivity index is 1.33. The van der Waals surface area contributed by atoms with Crippen LogP contribution in [0.2, 0.25) is 0 Å². The van der Waals surface area contributed by atoms with E-state index in [0.29, 0.717) is 38.0 Å². The van der Waals surface area contributed by atoms with Gasteiger partial charge >= 0.3 is 0 Å². The van der Waals surface area contributed by atoms with Gasteiger partial charge in [-0.15, -0.1) is 0 Å². The molecule has 0 aliphatic carbocycles. The summed E-state index contributed by atoms with van der Waals surface area (Å²) in [6, 6.07) is 10.4. The lowest BCUT2D eigenvalue weighted by molar-refractivity contribution is 0.0372. The number of nitrogens with zero attached hydrogens (tertiary/aromatic N) is 4. The first kappa shape index (κ1) is 24.0. The van der Waals surface area contributed by atoms with E-state index in [9.17, 15) is 8.42 Å². The van der Waals surface area contributed by atoms with Crippen molar-refractivity contribution < 1.29 is 13.2 Å². The summed E-state index contributed by atoms with van der Waals surface area (Å²) in [5.74, 6) is 1.03. The normalized spacial score (nSPS) is 20.2. The van der Waals surface area contributed by atoms with E-state index in [-0.39, 0.29) is 6.10 Å². The van der Waals surface area contributed by atoms with Gasteiger partial charge in [-0.2, -0.15) is 12.7 Å². The highest BCUT2D eigenvalue weighted by Gasteiger charge is 2.27. The van der Waals surface area contributed by atoms with Gasteiger partial charge in [0.25, 0.3) is 10.2 Å². The Morgan fingerprint density at radius 2 is 1.91 bits per heavy atom. The molecule has 0 unspecified atom stereocenters. The topological polar surface area (TPSA) is 121 Å². The molecule has 3 N–H and O–H groups in total. The smallest absolute Gasteiger partial charge is 0.279 e. The van der Waals surface area contributed by atoms with Gasteiger partial charge < -0.3 is 15.4 Å². The van der Waals surface area contributed by atoms with Crippen LogP contribution in [0.15, 0.2) is 42.7 Å². The Morgan fingerprint density at radius 3 is 2.63 bits per heavy atom. The van der Waals surface area contributed by atoms with E-state index in [4.69, 9.17) is 9.72 Å². The minimum Gasteiger partial charge on any atom is -0.374 e. The van der Waals surface area contributed by atoms with Crippen molar-refractivity contribution >= 4 is 27.1 Å². The van der Waals surface area contributed by atoms with Gasteiger partial charge in [0.15, 0.2) is 5.82 Å². The number of piperidine rings is 1. The standard InChI is InChI=1S/C24H31N7O3S/c1-25-35(32,33)31-11-6-18(7-12-31)17-2-4-19(5-3-17)21-14-22-23(28-9-8-27-22)24(30-21)29-16-20-15-26-10-13-34-20/h2-5,8-9,14,18,20,25-26H,6-7,10-13,15-16H2,1H3,(H,29,30)/t20-/m0/s1. The SMILES string of the molecule is CNS(=O)(=O)N1CCC(c2ccc(-c3cc4nccnc4c(NC[C@@H]4CNCCO4)n3)cc2)CC1. The number of rotatable bonds is 7. The maximum Gasteiger partial charge on any atom is 0.279 e. The van der Waals surface area contributed by atoms with Crippen molar-refractivity contribution in [2.24, 2.45) is 0 Å². The van der Waals surface area contributed by atoms with Crippen molar-refractivity contribution in [1.82, 2.24) is 29.3 Å². The minimum absolute atomic E-state index is 0.0784. The second-order valence-electron chi connectivity index (χ2n) is 8.86. The third-order valence-electron chi connectivity index (χ3n) is 6.69. The van der Waals surface area contributed by atoms with Gasteiger partial charge in [-0.3, -0.25) is 4.98 Å². The number of hydrogen-bond donors (Lipinski definition) is 3. The van der Waals surface area contributed by atoms with Crippen molar-refractivity contribution in [2.45, 2.75) is 24.9 Å². The summed E-state index contributed by atoms with van der Waals surface area (Å²) >= 11 is 0. The Morgan fingerprint density at radius 1 is 1.14 bits per heavy atom. The Kier molecular flexibility index (Phi) is 7.21. The number of pyridine rings is 1. The average molecular weight is 498 g/mol. The molecule has 2 aliphatic heterocycles. The second-order valence-corrected chi connectivity index (χ2v) is 10.7. The molecule has 1 atom stereocenters. The number of morpholine rings is 1. The van der Waals surface area contributed by atoms with Crippen LogP contribution in [0.5, 0.6) is 0 Å². The molecule has 3 aromatic rings. The summed E-state index contributed by atoms with van der Waals surface area (Å²) in [5.41, 5.74) is 4.56. The molecule has 0 saturated carbocycles. The van der Waals surface area contributed by atoms with Gasteiger partial charge in [0.05, 0.1) is 23.9 Å². The lowest BCUT2D eigenvalue weighted by Crippen LogP contribution is -2.43.